The Morgan fingerprint density at radius 1 is 1.40 bits per heavy atom. The first-order chi connectivity index (χ1) is 9.65. The molecule has 2 rings (SSSR count). The number of carbonyl (C=O) groups excluding carboxylic acids is 1. The lowest BCUT2D eigenvalue weighted by Gasteiger charge is -2.28. The highest BCUT2D eigenvalue weighted by Crippen LogP contribution is 2.31. The smallest absolute Gasteiger partial charge is 0.344 e. The van der Waals surface area contributed by atoms with Gasteiger partial charge in [0.05, 0.1) is 7.11 Å². The van der Waals surface area contributed by atoms with Gasteiger partial charge in [-0.25, -0.2) is 4.79 Å². The lowest BCUT2D eigenvalue weighted by Crippen LogP contribution is -2.26. The molecule has 4 heteroatoms. The van der Waals surface area contributed by atoms with Crippen molar-refractivity contribution in [1.82, 2.24) is 0 Å². The minimum atomic E-state index is -0.373. The van der Waals surface area contributed by atoms with Crippen molar-refractivity contribution in [3.8, 4) is 5.75 Å². The van der Waals surface area contributed by atoms with E-state index < -0.39 is 0 Å². The van der Waals surface area contributed by atoms with Gasteiger partial charge in [0.25, 0.3) is 0 Å². The zero-order valence-electron chi connectivity index (χ0n) is 12.2. The molecule has 4 nitrogen and oxygen atoms in total. The largest absolute Gasteiger partial charge is 0.496 e. The van der Waals surface area contributed by atoms with Crippen LogP contribution in [0.2, 0.25) is 0 Å². The highest BCUT2D eigenvalue weighted by molar-refractivity contribution is 5.98. The van der Waals surface area contributed by atoms with Crippen LogP contribution in [0.5, 0.6) is 5.75 Å². The standard InChI is InChI=1S/C16H23NO3/c1-3-11-6-4-7-12(10-11)20-16(18)15-13(17)8-5-9-14(15)19-2/h5,8-9,11-12H,3-4,6-7,10,17H2,1-2H3. The van der Waals surface area contributed by atoms with Gasteiger partial charge in [-0.15, -0.1) is 0 Å². The van der Waals surface area contributed by atoms with E-state index in [2.05, 4.69) is 6.92 Å². The maximum atomic E-state index is 12.3. The molecular weight excluding hydrogens is 254 g/mol. The lowest BCUT2D eigenvalue weighted by molar-refractivity contribution is 0.0138. The molecule has 1 aliphatic carbocycles. The van der Waals surface area contributed by atoms with Gasteiger partial charge in [0.15, 0.2) is 0 Å². The van der Waals surface area contributed by atoms with Crippen molar-refractivity contribution in [3.63, 3.8) is 0 Å². The monoisotopic (exact) mass is 277 g/mol. The number of benzene rings is 1. The second-order valence-electron chi connectivity index (χ2n) is 5.39. The molecule has 1 fully saturated rings. The number of carbonyl (C=O) groups is 1. The van der Waals surface area contributed by atoms with E-state index in [1.165, 1.54) is 13.5 Å². The SMILES string of the molecule is CCC1CCCC(OC(=O)c2c(N)cccc2OC)C1. The first-order valence-electron chi connectivity index (χ1n) is 7.29. The highest BCUT2D eigenvalue weighted by Gasteiger charge is 2.26. The summed E-state index contributed by atoms with van der Waals surface area (Å²) in [6, 6.07) is 5.18. The molecule has 2 atom stereocenters. The number of ether oxygens (including phenoxy) is 2. The number of hydrogen-bond acceptors (Lipinski definition) is 4. The average Bonchev–Trinajstić information content (AvgIpc) is 2.46. The fourth-order valence-electron chi connectivity index (χ4n) is 2.87. The topological polar surface area (TPSA) is 61.5 Å². The van der Waals surface area contributed by atoms with Crippen molar-refractivity contribution in [2.45, 2.75) is 45.1 Å². The predicted octanol–water partition coefficient (Wildman–Crippen LogP) is 3.40. The molecule has 0 spiro atoms. The summed E-state index contributed by atoms with van der Waals surface area (Å²) in [7, 11) is 1.53. The van der Waals surface area contributed by atoms with Gasteiger partial charge in [-0.05, 0) is 37.3 Å². The highest BCUT2D eigenvalue weighted by atomic mass is 16.5. The summed E-state index contributed by atoms with van der Waals surface area (Å²) < 4.78 is 10.8. The molecule has 2 unspecified atom stereocenters. The van der Waals surface area contributed by atoms with Crippen LogP contribution in [0.25, 0.3) is 0 Å². The van der Waals surface area contributed by atoms with Crippen molar-refractivity contribution in [2.75, 3.05) is 12.8 Å². The summed E-state index contributed by atoms with van der Waals surface area (Å²) in [4.78, 5) is 12.3. The van der Waals surface area contributed by atoms with Gasteiger partial charge in [0.1, 0.15) is 17.4 Å². The lowest BCUT2D eigenvalue weighted by atomic mass is 9.85. The molecule has 110 valence electrons. The summed E-state index contributed by atoms with van der Waals surface area (Å²) in [6.45, 7) is 2.19. The Morgan fingerprint density at radius 3 is 2.90 bits per heavy atom. The molecule has 0 heterocycles. The van der Waals surface area contributed by atoms with Gasteiger partial charge in [-0.3, -0.25) is 0 Å². The third-order valence-corrected chi connectivity index (χ3v) is 4.07. The molecule has 0 bridgehead atoms. The Kier molecular flexibility index (Phi) is 4.88. The van der Waals surface area contributed by atoms with Crippen LogP contribution in [-0.4, -0.2) is 19.2 Å². The van der Waals surface area contributed by atoms with E-state index in [0.29, 0.717) is 22.9 Å². The molecule has 1 saturated carbocycles. The molecular formula is C16H23NO3. The van der Waals surface area contributed by atoms with E-state index in [4.69, 9.17) is 15.2 Å². The Balaban J connectivity index is 2.08. The molecule has 20 heavy (non-hydrogen) atoms. The van der Waals surface area contributed by atoms with Crippen molar-refractivity contribution in [1.29, 1.82) is 0 Å². The van der Waals surface area contributed by atoms with Crippen molar-refractivity contribution in [3.05, 3.63) is 23.8 Å². The van der Waals surface area contributed by atoms with Gasteiger partial charge < -0.3 is 15.2 Å². The number of methoxy groups -OCH3 is 1. The number of anilines is 1. The molecule has 0 aromatic heterocycles. The van der Waals surface area contributed by atoms with E-state index in [-0.39, 0.29) is 12.1 Å². The third-order valence-electron chi connectivity index (χ3n) is 4.07. The average molecular weight is 277 g/mol. The quantitative estimate of drug-likeness (QED) is 0.676. The van der Waals surface area contributed by atoms with Crippen LogP contribution < -0.4 is 10.5 Å². The number of nitrogens with two attached hydrogens (primary N) is 1. The Hall–Kier alpha value is -1.71. The second kappa shape index (κ2) is 6.64. The summed E-state index contributed by atoms with van der Waals surface area (Å²) in [6.07, 6.45) is 5.41. The van der Waals surface area contributed by atoms with E-state index in [9.17, 15) is 4.79 Å². The van der Waals surface area contributed by atoms with Crippen molar-refractivity contribution >= 4 is 11.7 Å². The minimum absolute atomic E-state index is 0.00510. The molecule has 0 aliphatic heterocycles. The normalized spacial score (nSPS) is 22.3. The minimum Gasteiger partial charge on any atom is -0.496 e. The number of esters is 1. The van der Waals surface area contributed by atoms with Crippen molar-refractivity contribution < 1.29 is 14.3 Å². The van der Waals surface area contributed by atoms with Gasteiger partial charge >= 0.3 is 5.97 Å². The van der Waals surface area contributed by atoms with E-state index >= 15 is 0 Å². The van der Waals surface area contributed by atoms with Gasteiger partial charge in [0.2, 0.25) is 0 Å². The predicted molar refractivity (Wildman–Crippen MR) is 78.9 cm³/mol. The fourth-order valence-corrected chi connectivity index (χ4v) is 2.87. The molecule has 1 aliphatic rings. The van der Waals surface area contributed by atoms with Crippen LogP contribution in [0.15, 0.2) is 18.2 Å². The van der Waals surface area contributed by atoms with Crippen LogP contribution in [0, 0.1) is 5.92 Å². The number of rotatable bonds is 4. The molecule has 0 saturated heterocycles. The molecule has 0 amide bonds. The maximum Gasteiger partial charge on any atom is 0.344 e. The number of hydrogen-bond donors (Lipinski definition) is 1. The maximum absolute atomic E-state index is 12.3. The Morgan fingerprint density at radius 2 is 2.20 bits per heavy atom. The molecule has 0 radical (unpaired) electrons. The fraction of sp³-hybridized carbons (Fsp3) is 0.562. The molecule has 2 N–H and O–H groups in total. The zero-order valence-corrected chi connectivity index (χ0v) is 12.2. The molecule has 1 aromatic carbocycles. The summed E-state index contributed by atoms with van der Waals surface area (Å²) in [5, 5.41) is 0. The van der Waals surface area contributed by atoms with Crippen LogP contribution in [0.3, 0.4) is 0 Å². The summed E-state index contributed by atoms with van der Waals surface area (Å²) in [5.41, 5.74) is 6.62. The van der Waals surface area contributed by atoms with E-state index in [1.807, 2.05) is 0 Å². The Bertz CT molecular complexity index is 473. The first kappa shape index (κ1) is 14.7. The van der Waals surface area contributed by atoms with E-state index in [0.717, 1.165) is 25.7 Å². The summed E-state index contributed by atoms with van der Waals surface area (Å²) in [5.74, 6) is 0.760. The van der Waals surface area contributed by atoms with Crippen molar-refractivity contribution in [2.24, 2.45) is 5.92 Å². The molecule has 1 aromatic rings. The van der Waals surface area contributed by atoms with Gasteiger partial charge in [0, 0.05) is 5.69 Å². The second-order valence-corrected chi connectivity index (χ2v) is 5.39. The van der Waals surface area contributed by atoms with Gasteiger partial charge in [-0.2, -0.15) is 0 Å². The number of nitrogen functional groups attached to an aromatic ring is 1. The van der Waals surface area contributed by atoms with Crippen LogP contribution in [0.4, 0.5) is 5.69 Å². The van der Waals surface area contributed by atoms with Crippen LogP contribution >= 0.6 is 0 Å². The summed E-state index contributed by atoms with van der Waals surface area (Å²) >= 11 is 0. The van der Waals surface area contributed by atoms with Crippen LogP contribution in [-0.2, 0) is 4.74 Å². The Labute approximate surface area is 120 Å². The third kappa shape index (κ3) is 3.24. The van der Waals surface area contributed by atoms with Crippen LogP contribution in [0.1, 0.15) is 49.4 Å². The van der Waals surface area contributed by atoms with E-state index in [1.54, 1.807) is 18.2 Å². The van der Waals surface area contributed by atoms with Gasteiger partial charge in [-0.1, -0.05) is 25.8 Å². The first-order valence-corrected chi connectivity index (χ1v) is 7.29. The zero-order chi connectivity index (χ0) is 14.5.